The lowest BCUT2D eigenvalue weighted by Crippen LogP contribution is -2.07. The molecule has 2 aromatic carbocycles. The average Bonchev–Trinajstić information content (AvgIpc) is 2.50. The highest BCUT2D eigenvalue weighted by atomic mass is 16.5. The number of benzene rings is 2. The summed E-state index contributed by atoms with van der Waals surface area (Å²) >= 11 is 0. The summed E-state index contributed by atoms with van der Waals surface area (Å²) in [7, 11) is 0. The predicted octanol–water partition coefficient (Wildman–Crippen LogP) is 3.97. The van der Waals surface area contributed by atoms with Crippen LogP contribution in [0, 0.1) is 0 Å². The molecule has 0 saturated carbocycles. The molecule has 0 aliphatic carbocycles. The van der Waals surface area contributed by atoms with Crippen LogP contribution in [-0.2, 0) is 0 Å². The van der Waals surface area contributed by atoms with Gasteiger partial charge in [0.1, 0.15) is 11.5 Å². The van der Waals surface area contributed by atoms with Crippen LogP contribution in [0.15, 0.2) is 54.6 Å². The fourth-order valence-electron chi connectivity index (χ4n) is 1.85. The van der Waals surface area contributed by atoms with Gasteiger partial charge < -0.3 is 14.8 Å². The van der Waals surface area contributed by atoms with Crippen molar-refractivity contribution < 1.29 is 9.47 Å². The maximum atomic E-state index is 5.68. The van der Waals surface area contributed by atoms with Crippen molar-refractivity contribution in [1.82, 2.24) is 0 Å². The van der Waals surface area contributed by atoms with Crippen molar-refractivity contribution in [2.75, 3.05) is 25.1 Å². The highest BCUT2D eigenvalue weighted by Gasteiger charge is 1.96. The molecule has 0 aromatic heterocycles. The Bertz CT molecular complexity index is 482. The molecule has 0 aliphatic heterocycles. The molecule has 3 heteroatoms. The zero-order valence-corrected chi connectivity index (χ0v) is 11.8. The van der Waals surface area contributed by atoms with Gasteiger partial charge in [0.2, 0.25) is 0 Å². The molecule has 0 fully saturated rings. The first kappa shape index (κ1) is 14.3. The third kappa shape index (κ3) is 4.84. The summed E-state index contributed by atoms with van der Waals surface area (Å²) in [4.78, 5) is 0. The number of hydrogen-bond acceptors (Lipinski definition) is 3. The zero-order chi connectivity index (χ0) is 14.0. The van der Waals surface area contributed by atoms with E-state index in [1.165, 1.54) is 0 Å². The summed E-state index contributed by atoms with van der Waals surface area (Å²) < 4.78 is 11.1. The van der Waals surface area contributed by atoms with E-state index in [-0.39, 0.29) is 0 Å². The van der Waals surface area contributed by atoms with Gasteiger partial charge in [-0.1, -0.05) is 18.2 Å². The van der Waals surface area contributed by atoms with Crippen LogP contribution in [0.3, 0.4) is 0 Å². The second-order valence-corrected chi connectivity index (χ2v) is 4.40. The molecule has 0 radical (unpaired) electrons. The Morgan fingerprint density at radius 2 is 1.50 bits per heavy atom. The quantitative estimate of drug-likeness (QED) is 0.737. The second-order valence-electron chi connectivity index (χ2n) is 4.40. The summed E-state index contributed by atoms with van der Waals surface area (Å²) in [5.41, 5.74) is 1.15. The molecule has 20 heavy (non-hydrogen) atoms. The summed E-state index contributed by atoms with van der Waals surface area (Å²) in [5, 5.41) is 3.36. The highest BCUT2D eigenvalue weighted by molar-refractivity contribution is 5.42. The number of ether oxygens (including phenoxy) is 2. The maximum Gasteiger partial charge on any atom is 0.119 e. The Morgan fingerprint density at radius 3 is 2.15 bits per heavy atom. The average molecular weight is 271 g/mol. The highest BCUT2D eigenvalue weighted by Crippen LogP contribution is 2.17. The van der Waals surface area contributed by atoms with Crippen molar-refractivity contribution in [1.29, 1.82) is 0 Å². The van der Waals surface area contributed by atoms with Crippen LogP contribution in [0.1, 0.15) is 13.3 Å². The first-order chi connectivity index (χ1) is 9.88. The largest absolute Gasteiger partial charge is 0.494 e. The van der Waals surface area contributed by atoms with E-state index in [4.69, 9.17) is 9.47 Å². The third-order valence-electron chi connectivity index (χ3n) is 2.83. The van der Waals surface area contributed by atoms with E-state index in [2.05, 4.69) is 17.4 Å². The number of anilines is 1. The van der Waals surface area contributed by atoms with E-state index in [9.17, 15) is 0 Å². The van der Waals surface area contributed by atoms with E-state index < -0.39 is 0 Å². The van der Waals surface area contributed by atoms with E-state index in [1.54, 1.807) is 0 Å². The lowest BCUT2D eigenvalue weighted by atomic mass is 10.3. The number of hydrogen-bond donors (Lipinski definition) is 1. The van der Waals surface area contributed by atoms with Gasteiger partial charge in [-0.3, -0.25) is 0 Å². The Kier molecular flexibility index (Phi) is 5.77. The van der Waals surface area contributed by atoms with Crippen molar-refractivity contribution in [2.45, 2.75) is 13.3 Å². The van der Waals surface area contributed by atoms with E-state index >= 15 is 0 Å². The number of nitrogens with one attached hydrogen (secondary N) is 1. The van der Waals surface area contributed by atoms with Gasteiger partial charge in [0.25, 0.3) is 0 Å². The number of rotatable bonds is 8. The van der Waals surface area contributed by atoms with Crippen molar-refractivity contribution in [3.63, 3.8) is 0 Å². The molecule has 0 aliphatic rings. The minimum Gasteiger partial charge on any atom is -0.494 e. The van der Waals surface area contributed by atoms with Gasteiger partial charge in [-0.2, -0.15) is 0 Å². The summed E-state index contributed by atoms with van der Waals surface area (Å²) in [6.07, 6.45) is 0.960. The number of para-hydroxylation sites is 1. The molecule has 0 spiro atoms. The van der Waals surface area contributed by atoms with Gasteiger partial charge in [-0.15, -0.1) is 0 Å². The van der Waals surface area contributed by atoms with Gasteiger partial charge in [0.15, 0.2) is 0 Å². The van der Waals surface area contributed by atoms with Gasteiger partial charge in [-0.05, 0) is 49.7 Å². The fourth-order valence-corrected chi connectivity index (χ4v) is 1.85. The SMILES string of the molecule is CCOc1ccc(OCCCNc2ccccc2)cc1. The smallest absolute Gasteiger partial charge is 0.119 e. The lowest BCUT2D eigenvalue weighted by molar-refractivity contribution is 0.312. The minimum atomic E-state index is 0.686. The predicted molar refractivity (Wildman–Crippen MR) is 82.7 cm³/mol. The second kappa shape index (κ2) is 8.10. The van der Waals surface area contributed by atoms with Crippen LogP contribution < -0.4 is 14.8 Å². The first-order valence-electron chi connectivity index (χ1n) is 7.03. The Balaban J connectivity index is 1.63. The molecule has 0 unspecified atom stereocenters. The topological polar surface area (TPSA) is 30.5 Å². The van der Waals surface area contributed by atoms with Gasteiger partial charge in [0.05, 0.1) is 13.2 Å². The van der Waals surface area contributed by atoms with E-state index in [1.807, 2.05) is 49.4 Å². The van der Waals surface area contributed by atoms with E-state index in [0.717, 1.165) is 30.2 Å². The van der Waals surface area contributed by atoms with Crippen molar-refractivity contribution in [3.05, 3.63) is 54.6 Å². The molecule has 1 N–H and O–H groups in total. The zero-order valence-electron chi connectivity index (χ0n) is 11.8. The molecule has 0 saturated heterocycles. The monoisotopic (exact) mass is 271 g/mol. The van der Waals surface area contributed by atoms with Gasteiger partial charge in [-0.25, -0.2) is 0 Å². The molecular weight excluding hydrogens is 250 g/mol. The Labute approximate surface area is 120 Å². The van der Waals surface area contributed by atoms with Crippen molar-refractivity contribution >= 4 is 5.69 Å². The fraction of sp³-hybridized carbons (Fsp3) is 0.294. The normalized spacial score (nSPS) is 10.1. The van der Waals surface area contributed by atoms with Crippen LogP contribution in [0.25, 0.3) is 0 Å². The Hall–Kier alpha value is -2.16. The minimum absolute atomic E-state index is 0.686. The first-order valence-corrected chi connectivity index (χ1v) is 7.03. The summed E-state index contributed by atoms with van der Waals surface area (Å²) in [6.45, 7) is 4.27. The maximum absolute atomic E-state index is 5.68. The molecular formula is C17H21NO2. The molecule has 0 amide bonds. The van der Waals surface area contributed by atoms with Crippen LogP contribution in [0.5, 0.6) is 11.5 Å². The van der Waals surface area contributed by atoms with Gasteiger partial charge >= 0.3 is 0 Å². The molecule has 0 heterocycles. The molecule has 106 valence electrons. The lowest BCUT2D eigenvalue weighted by Gasteiger charge is -2.09. The molecule has 2 aromatic rings. The van der Waals surface area contributed by atoms with Gasteiger partial charge in [0, 0.05) is 12.2 Å². The molecule has 0 bridgehead atoms. The third-order valence-corrected chi connectivity index (χ3v) is 2.83. The summed E-state index contributed by atoms with van der Waals surface area (Å²) in [6, 6.07) is 17.9. The molecule has 3 nitrogen and oxygen atoms in total. The van der Waals surface area contributed by atoms with E-state index in [0.29, 0.717) is 13.2 Å². The summed E-state index contributed by atoms with van der Waals surface area (Å²) in [5.74, 6) is 1.76. The van der Waals surface area contributed by atoms with Crippen molar-refractivity contribution in [3.8, 4) is 11.5 Å². The van der Waals surface area contributed by atoms with Crippen LogP contribution >= 0.6 is 0 Å². The Morgan fingerprint density at radius 1 is 0.850 bits per heavy atom. The van der Waals surface area contributed by atoms with Crippen LogP contribution in [0.2, 0.25) is 0 Å². The van der Waals surface area contributed by atoms with Crippen LogP contribution in [-0.4, -0.2) is 19.8 Å². The molecule has 0 atom stereocenters. The van der Waals surface area contributed by atoms with Crippen molar-refractivity contribution in [2.24, 2.45) is 0 Å². The standard InChI is InChI=1S/C17H21NO2/c1-2-19-16-9-11-17(12-10-16)20-14-6-13-18-15-7-4-3-5-8-15/h3-5,7-12,18H,2,6,13-14H2,1H3. The molecule has 2 rings (SSSR count). The van der Waals surface area contributed by atoms with Crippen LogP contribution in [0.4, 0.5) is 5.69 Å².